The van der Waals surface area contributed by atoms with Crippen LogP contribution in [0, 0.1) is 5.92 Å². The van der Waals surface area contributed by atoms with Crippen molar-refractivity contribution in [3.05, 3.63) is 64.7 Å². The number of carbonyl (C=O) groups is 2. The van der Waals surface area contributed by atoms with Crippen molar-refractivity contribution < 1.29 is 41.0 Å². The highest BCUT2D eigenvalue weighted by molar-refractivity contribution is 5.97. The molecule has 2 aromatic rings. The van der Waals surface area contributed by atoms with Gasteiger partial charge in [0.1, 0.15) is 5.75 Å². The van der Waals surface area contributed by atoms with Crippen LogP contribution in [0.2, 0.25) is 0 Å². The number of likely N-dealkylation sites (tertiary alicyclic amines) is 1. The molecular weight excluding hydrogens is 442 g/mol. The Labute approximate surface area is 178 Å². The molecule has 1 heterocycles. The number of phenolic OH excluding ortho intramolecular Hbond substituents is 1. The van der Waals surface area contributed by atoms with Gasteiger partial charge in [-0.3, -0.25) is 9.59 Å². The lowest BCUT2D eigenvalue weighted by Gasteiger charge is -2.18. The first-order chi connectivity index (χ1) is 14.8. The minimum Gasteiger partial charge on any atom is -0.507 e. The van der Waals surface area contributed by atoms with Crippen molar-refractivity contribution >= 4 is 11.8 Å². The maximum atomic E-state index is 12.9. The zero-order valence-corrected chi connectivity index (χ0v) is 16.4. The summed E-state index contributed by atoms with van der Waals surface area (Å²) in [6, 6.07) is 6.55. The molecule has 0 spiro atoms. The topological polar surface area (TPSA) is 69.6 Å². The molecule has 0 aromatic heterocycles. The van der Waals surface area contributed by atoms with Crippen molar-refractivity contribution in [3.63, 3.8) is 0 Å². The summed E-state index contributed by atoms with van der Waals surface area (Å²) in [5.41, 5.74) is -2.17. The second kappa shape index (κ2) is 8.71. The number of nitrogens with one attached hydrogen (secondary N) is 1. The normalized spacial score (nSPS) is 17.0. The highest BCUT2D eigenvalue weighted by atomic mass is 19.4. The minimum absolute atomic E-state index is 0.0216. The molecule has 0 aliphatic carbocycles. The fourth-order valence-corrected chi connectivity index (χ4v) is 3.44. The molecule has 2 amide bonds. The van der Waals surface area contributed by atoms with Gasteiger partial charge >= 0.3 is 12.4 Å². The van der Waals surface area contributed by atoms with Crippen LogP contribution in [0.1, 0.15) is 33.5 Å². The number of hydrogen-bond acceptors (Lipinski definition) is 3. The first-order valence-corrected chi connectivity index (χ1v) is 9.47. The maximum Gasteiger partial charge on any atom is 0.416 e. The number of aromatic hydroxyl groups is 1. The van der Waals surface area contributed by atoms with Gasteiger partial charge in [0.15, 0.2) is 0 Å². The van der Waals surface area contributed by atoms with Gasteiger partial charge in [-0.15, -0.1) is 0 Å². The molecule has 1 aliphatic rings. The number of phenols is 1. The Balaban J connectivity index is 1.60. The van der Waals surface area contributed by atoms with E-state index in [0.29, 0.717) is 17.7 Å². The summed E-state index contributed by atoms with van der Waals surface area (Å²) in [4.78, 5) is 25.8. The molecule has 0 bridgehead atoms. The van der Waals surface area contributed by atoms with Crippen molar-refractivity contribution in [2.24, 2.45) is 5.92 Å². The van der Waals surface area contributed by atoms with E-state index in [9.17, 15) is 41.0 Å². The minimum atomic E-state index is -4.69. The number of amides is 2. The lowest BCUT2D eigenvalue weighted by molar-refractivity contribution is -0.138. The largest absolute Gasteiger partial charge is 0.507 e. The predicted octanol–water partition coefficient (Wildman–Crippen LogP) is 4.21. The summed E-state index contributed by atoms with van der Waals surface area (Å²) in [5.74, 6) is -2.25. The summed E-state index contributed by atoms with van der Waals surface area (Å²) in [6.45, 7) is 0.0604. The molecule has 5 nitrogen and oxygen atoms in total. The predicted molar refractivity (Wildman–Crippen MR) is 100 cm³/mol. The molecule has 1 fully saturated rings. The van der Waals surface area contributed by atoms with Gasteiger partial charge in [0.2, 0.25) is 5.91 Å². The molecule has 11 heteroatoms. The van der Waals surface area contributed by atoms with Gasteiger partial charge in [0.25, 0.3) is 5.91 Å². The second-order valence-electron chi connectivity index (χ2n) is 7.48. The van der Waals surface area contributed by atoms with E-state index < -0.39 is 40.7 Å². The van der Waals surface area contributed by atoms with Crippen LogP contribution < -0.4 is 5.32 Å². The molecule has 1 unspecified atom stereocenters. The summed E-state index contributed by atoms with van der Waals surface area (Å²) in [7, 11) is 0. The van der Waals surface area contributed by atoms with Crippen LogP contribution in [0.5, 0.6) is 5.75 Å². The molecular formula is C21H18F6N2O3. The molecule has 172 valence electrons. The van der Waals surface area contributed by atoms with Crippen LogP contribution in [-0.4, -0.2) is 34.9 Å². The molecule has 3 rings (SSSR count). The van der Waals surface area contributed by atoms with Gasteiger partial charge in [0.05, 0.1) is 16.7 Å². The van der Waals surface area contributed by atoms with E-state index in [4.69, 9.17) is 0 Å². The van der Waals surface area contributed by atoms with Gasteiger partial charge in [-0.1, -0.05) is 12.1 Å². The Morgan fingerprint density at radius 3 is 2.34 bits per heavy atom. The highest BCUT2D eigenvalue weighted by Gasteiger charge is 2.34. The summed E-state index contributed by atoms with van der Waals surface area (Å²) < 4.78 is 77.1. The number of benzene rings is 2. The molecule has 0 saturated carbocycles. The van der Waals surface area contributed by atoms with Gasteiger partial charge in [0, 0.05) is 32.0 Å². The molecule has 0 radical (unpaired) electrons. The fraction of sp³-hybridized carbons (Fsp3) is 0.333. The van der Waals surface area contributed by atoms with Gasteiger partial charge in [-0.05, 0) is 35.9 Å². The number of alkyl halides is 6. The van der Waals surface area contributed by atoms with E-state index in [-0.39, 0.29) is 37.9 Å². The summed E-state index contributed by atoms with van der Waals surface area (Å²) in [5, 5.41) is 12.1. The van der Waals surface area contributed by atoms with Crippen LogP contribution >= 0.6 is 0 Å². The second-order valence-corrected chi connectivity index (χ2v) is 7.48. The number of halogens is 6. The standard InChI is InChI=1S/C21H18F6N2O3/c22-20(23,24)14-3-1-2-12(6-14)10-29-11-13(7-18(29)31)9-28-19(32)16-8-15(21(25,26)27)4-5-17(16)30/h1-6,8,13,30H,7,9-11H2,(H,28,32). The molecule has 1 atom stereocenters. The number of carbonyl (C=O) groups excluding carboxylic acids is 2. The van der Waals surface area contributed by atoms with Gasteiger partial charge in [-0.2, -0.15) is 26.3 Å². The molecule has 2 N–H and O–H groups in total. The summed E-state index contributed by atoms with van der Waals surface area (Å²) >= 11 is 0. The van der Waals surface area contributed by atoms with Crippen molar-refractivity contribution in [2.75, 3.05) is 13.1 Å². The Kier molecular flexibility index (Phi) is 6.38. The monoisotopic (exact) mass is 460 g/mol. The van der Waals surface area contributed by atoms with E-state index in [1.54, 1.807) is 0 Å². The van der Waals surface area contributed by atoms with Crippen LogP contribution in [0.4, 0.5) is 26.3 Å². The number of hydrogen-bond donors (Lipinski definition) is 2. The zero-order valence-electron chi connectivity index (χ0n) is 16.4. The van der Waals surface area contributed by atoms with Crippen molar-refractivity contribution in [2.45, 2.75) is 25.3 Å². The third-order valence-corrected chi connectivity index (χ3v) is 5.04. The molecule has 32 heavy (non-hydrogen) atoms. The average Bonchev–Trinajstić information content (AvgIpc) is 3.04. The highest BCUT2D eigenvalue weighted by Crippen LogP contribution is 2.32. The van der Waals surface area contributed by atoms with E-state index in [1.807, 2.05) is 0 Å². The van der Waals surface area contributed by atoms with E-state index in [2.05, 4.69) is 5.32 Å². The fourth-order valence-electron chi connectivity index (χ4n) is 3.44. The average molecular weight is 460 g/mol. The quantitative estimate of drug-likeness (QED) is 0.657. The van der Waals surface area contributed by atoms with E-state index >= 15 is 0 Å². The third kappa shape index (κ3) is 5.51. The summed E-state index contributed by atoms with van der Waals surface area (Å²) in [6.07, 6.45) is -9.18. The van der Waals surface area contributed by atoms with Crippen LogP contribution in [0.3, 0.4) is 0 Å². The molecule has 1 saturated heterocycles. The Bertz CT molecular complexity index is 1020. The van der Waals surface area contributed by atoms with E-state index in [1.165, 1.54) is 17.0 Å². The smallest absolute Gasteiger partial charge is 0.416 e. The Hall–Kier alpha value is -3.24. The van der Waals surface area contributed by atoms with Crippen molar-refractivity contribution in [3.8, 4) is 5.75 Å². The van der Waals surface area contributed by atoms with E-state index in [0.717, 1.165) is 18.2 Å². The lowest BCUT2D eigenvalue weighted by atomic mass is 10.1. The molecule has 1 aliphatic heterocycles. The number of nitrogens with zero attached hydrogens (tertiary/aromatic N) is 1. The van der Waals surface area contributed by atoms with Crippen molar-refractivity contribution in [1.82, 2.24) is 10.2 Å². The SMILES string of the molecule is O=C(NCC1CC(=O)N(Cc2cccc(C(F)(F)F)c2)C1)c1cc(C(F)(F)F)ccc1O. The Morgan fingerprint density at radius 1 is 1.03 bits per heavy atom. The lowest BCUT2D eigenvalue weighted by Crippen LogP contribution is -2.31. The van der Waals surface area contributed by atoms with Crippen molar-refractivity contribution in [1.29, 1.82) is 0 Å². The Morgan fingerprint density at radius 2 is 1.69 bits per heavy atom. The van der Waals surface area contributed by atoms with Crippen LogP contribution in [0.15, 0.2) is 42.5 Å². The van der Waals surface area contributed by atoms with Gasteiger partial charge in [-0.25, -0.2) is 0 Å². The maximum absolute atomic E-state index is 12.9. The zero-order chi connectivity index (χ0) is 23.7. The van der Waals surface area contributed by atoms with Gasteiger partial charge < -0.3 is 15.3 Å². The third-order valence-electron chi connectivity index (χ3n) is 5.04. The molecule has 2 aromatic carbocycles. The number of rotatable bonds is 5. The van der Waals surface area contributed by atoms with Crippen LogP contribution in [-0.2, 0) is 23.7 Å². The first kappa shape index (κ1) is 23.4. The van der Waals surface area contributed by atoms with Crippen LogP contribution in [0.25, 0.3) is 0 Å². The first-order valence-electron chi connectivity index (χ1n) is 9.47.